The summed E-state index contributed by atoms with van der Waals surface area (Å²) in [6, 6.07) is 18.7. The molecule has 0 atom stereocenters. The van der Waals surface area contributed by atoms with Crippen LogP contribution in [0, 0.1) is 0 Å². The molecule has 4 rings (SSSR count). The van der Waals surface area contributed by atoms with E-state index in [1.807, 2.05) is 47.8 Å². The van der Waals surface area contributed by atoms with Crippen LogP contribution in [0.25, 0.3) is 16.3 Å². The SMILES string of the molecule is O=C(NCC(F)(F)F)c1ccc(NC(=O)c2cn(-c3ccccc3)nc2-c2cccs2)cc1. The van der Waals surface area contributed by atoms with Gasteiger partial charge in [0.15, 0.2) is 0 Å². The zero-order chi connectivity index (χ0) is 23.4. The number of anilines is 1. The van der Waals surface area contributed by atoms with Crippen LogP contribution in [0.15, 0.2) is 78.3 Å². The summed E-state index contributed by atoms with van der Waals surface area (Å²) in [5.41, 5.74) is 2.11. The Bertz CT molecular complexity index is 1250. The molecule has 2 amide bonds. The highest BCUT2D eigenvalue weighted by molar-refractivity contribution is 7.13. The van der Waals surface area contributed by atoms with Crippen LogP contribution in [0.1, 0.15) is 20.7 Å². The lowest BCUT2D eigenvalue weighted by Gasteiger charge is -2.09. The van der Waals surface area contributed by atoms with Gasteiger partial charge >= 0.3 is 6.18 Å². The molecule has 0 bridgehead atoms. The number of amides is 2. The van der Waals surface area contributed by atoms with Gasteiger partial charge in [-0.1, -0.05) is 24.3 Å². The molecule has 10 heteroatoms. The normalized spacial score (nSPS) is 11.2. The van der Waals surface area contributed by atoms with Crippen molar-refractivity contribution in [2.24, 2.45) is 0 Å². The van der Waals surface area contributed by atoms with Crippen LogP contribution in [0.2, 0.25) is 0 Å². The number of nitrogens with one attached hydrogen (secondary N) is 2. The minimum Gasteiger partial charge on any atom is -0.343 e. The molecule has 2 aromatic carbocycles. The Morgan fingerprint density at radius 1 is 0.939 bits per heavy atom. The lowest BCUT2D eigenvalue weighted by Crippen LogP contribution is -2.33. The number of hydrogen-bond donors (Lipinski definition) is 2. The van der Waals surface area contributed by atoms with E-state index in [0.29, 0.717) is 16.9 Å². The van der Waals surface area contributed by atoms with E-state index < -0.39 is 24.5 Å². The molecule has 0 aliphatic heterocycles. The molecular weight excluding hydrogens is 453 g/mol. The van der Waals surface area contributed by atoms with Gasteiger partial charge in [-0.2, -0.15) is 18.3 Å². The summed E-state index contributed by atoms with van der Waals surface area (Å²) < 4.78 is 38.5. The fraction of sp³-hybridized carbons (Fsp3) is 0.0870. The van der Waals surface area contributed by atoms with Crippen molar-refractivity contribution >= 4 is 28.8 Å². The molecule has 0 unspecified atom stereocenters. The van der Waals surface area contributed by atoms with Crippen LogP contribution < -0.4 is 10.6 Å². The predicted molar refractivity (Wildman–Crippen MR) is 120 cm³/mol. The predicted octanol–water partition coefficient (Wildman–Crippen LogP) is 5.15. The topological polar surface area (TPSA) is 76.0 Å². The quantitative estimate of drug-likeness (QED) is 0.410. The Hall–Kier alpha value is -3.92. The number of thiophene rings is 1. The molecule has 4 aromatic rings. The van der Waals surface area contributed by atoms with Crippen molar-refractivity contribution in [2.75, 3.05) is 11.9 Å². The smallest absolute Gasteiger partial charge is 0.343 e. The van der Waals surface area contributed by atoms with Gasteiger partial charge in [-0.3, -0.25) is 9.59 Å². The highest BCUT2D eigenvalue weighted by Crippen LogP contribution is 2.28. The van der Waals surface area contributed by atoms with Gasteiger partial charge < -0.3 is 10.6 Å². The Morgan fingerprint density at radius 2 is 1.67 bits per heavy atom. The molecule has 2 N–H and O–H groups in total. The Balaban J connectivity index is 1.54. The van der Waals surface area contributed by atoms with E-state index in [0.717, 1.165) is 10.6 Å². The standard InChI is InChI=1S/C23H17F3N4O2S/c24-23(25,26)14-27-21(31)15-8-10-16(11-9-15)28-22(32)18-13-30(17-5-2-1-3-6-17)29-20(18)19-7-4-12-33-19/h1-13H,14H2,(H,27,31)(H,28,32). The van der Waals surface area contributed by atoms with Crippen molar-refractivity contribution in [3.63, 3.8) is 0 Å². The van der Waals surface area contributed by atoms with Crippen molar-refractivity contribution in [1.82, 2.24) is 15.1 Å². The van der Waals surface area contributed by atoms with E-state index in [1.165, 1.54) is 35.6 Å². The van der Waals surface area contributed by atoms with E-state index in [9.17, 15) is 22.8 Å². The van der Waals surface area contributed by atoms with Crippen molar-refractivity contribution in [3.8, 4) is 16.3 Å². The maximum atomic E-state index is 13.0. The van der Waals surface area contributed by atoms with Crippen LogP contribution in [-0.2, 0) is 0 Å². The molecule has 6 nitrogen and oxygen atoms in total. The second-order valence-corrected chi connectivity index (χ2v) is 7.93. The Kier molecular flexibility index (Phi) is 6.27. The third-order valence-corrected chi connectivity index (χ3v) is 5.47. The molecule has 2 aromatic heterocycles. The summed E-state index contributed by atoms with van der Waals surface area (Å²) in [6.07, 6.45) is -2.85. The number of benzene rings is 2. The molecule has 0 aliphatic carbocycles. The largest absolute Gasteiger partial charge is 0.405 e. The fourth-order valence-electron chi connectivity index (χ4n) is 3.03. The number of nitrogens with zero attached hydrogens (tertiary/aromatic N) is 2. The highest BCUT2D eigenvalue weighted by atomic mass is 32.1. The van der Waals surface area contributed by atoms with Gasteiger partial charge in [0, 0.05) is 17.4 Å². The van der Waals surface area contributed by atoms with Crippen molar-refractivity contribution in [1.29, 1.82) is 0 Å². The fourth-order valence-corrected chi connectivity index (χ4v) is 3.76. The number of carbonyl (C=O) groups is 2. The van der Waals surface area contributed by atoms with E-state index in [-0.39, 0.29) is 5.56 Å². The number of hydrogen-bond acceptors (Lipinski definition) is 4. The average Bonchev–Trinajstić information content (AvgIpc) is 3.48. The van der Waals surface area contributed by atoms with Crippen LogP contribution in [0.5, 0.6) is 0 Å². The molecule has 168 valence electrons. The summed E-state index contributed by atoms with van der Waals surface area (Å²) in [6.45, 7) is -1.42. The molecule has 0 spiro atoms. The van der Waals surface area contributed by atoms with Crippen LogP contribution in [-0.4, -0.2) is 34.3 Å². The van der Waals surface area contributed by atoms with Gasteiger partial charge in [-0.25, -0.2) is 4.68 Å². The average molecular weight is 470 g/mol. The third-order valence-electron chi connectivity index (χ3n) is 4.59. The summed E-state index contributed by atoms with van der Waals surface area (Å²) in [7, 11) is 0. The van der Waals surface area contributed by atoms with Crippen LogP contribution >= 0.6 is 11.3 Å². The number of para-hydroxylation sites is 1. The van der Waals surface area contributed by atoms with Gasteiger partial charge in [0.1, 0.15) is 12.2 Å². The maximum absolute atomic E-state index is 13.0. The van der Waals surface area contributed by atoms with Crippen molar-refractivity contribution < 1.29 is 22.8 Å². The summed E-state index contributed by atoms with van der Waals surface area (Å²) in [5, 5.41) is 11.0. The zero-order valence-corrected chi connectivity index (χ0v) is 17.8. The molecule has 2 heterocycles. The van der Waals surface area contributed by atoms with Gasteiger partial charge in [-0.15, -0.1) is 11.3 Å². The van der Waals surface area contributed by atoms with E-state index in [1.54, 1.807) is 16.2 Å². The highest BCUT2D eigenvalue weighted by Gasteiger charge is 2.28. The number of halogens is 3. The van der Waals surface area contributed by atoms with Crippen LogP contribution in [0.4, 0.5) is 18.9 Å². The van der Waals surface area contributed by atoms with Gasteiger partial charge in [0.05, 0.1) is 16.1 Å². The Labute approximate surface area is 190 Å². The number of alkyl halides is 3. The van der Waals surface area contributed by atoms with Crippen LogP contribution in [0.3, 0.4) is 0 Å². The molecular formula is C23H17F3N4O2S. The summed E-state index contributed by atoms with van der Waals surface area (Å²) in [4.78, 5) is 25.7. The maximum Gasteiger partial charge on any atom is 0.405 e. The minimum atomic E-state index is -4.49. The first kappa shape index (κ1) is 22.3. The van der Waals surface area contributed by atoms with E-state index in [4.69, 9.17) is 0 Å². The number of carbonyl (C=O) groups excluding carboxylic acids is 2. The lowest BCUT2D eigenvalue weighted by atomic mass is 10.1. The minimum absolute atomic E-state index is 0.0495. The first-order valence-corrected chi connectivity index (χ1v) is 10.6. The van der Waals surface area contributed by atoms with Gasteiger partial charge in [-0.05, 0) is 47.8 Å². The van der Waals surface area contributed by atoms with E-state index >= 15 is 0 Å². The van der Waals surface area contributed by atoms with E-state index in [2.05, 4.69) is 10.4 Å². The summed E-state index contributed by atoms with van der Waals surface area (Å²) >= 11 is 1.45. The molecule has 0 radical (unpaired) electrons. The Morgan fingerprint density at radius 3 is 2.30 bits per heavy atom. The molecule has 0 saturated heterocycles. The number of aromatic nitrogens is 2. The first-order valence-electron chi connectivity index (χ1n) is 9.75. The number of rotatable bonds is 6. The summed E-state index contributed by atoms with van der Waals surface area (Å²) in [5.74, 6) is -1.26. The zero-order valence-electron chi connectivity index (χ0n) is 17.0. The second-order valence-electron chi connectivity index (χ2n) is 6.98. The molecule has 33 heavy (non-hydrogen) atoms. The lowest BCUT2D eigenvalue weighted by molar-refractivity contribution is -0.123. The van der Waals surface area contributed by atoms with Crippen molar-refractivity contribution in [2.45, 2.75) is 6.18 Å². The third kappa shape index (κ3) is 5.47. The first-order chi connectivity index (χ1) is 15.8. The molecule has 0 fully saturated rings. The monoisotopic (exact) mass is 470 g/mol. The van der Waals surface area contributed by atoms with Gasteiger partial charge in [0.25, 0.3) is 11.8 Å². The van der Waals surface area contributed by atoms with Gasteiger partial charge in [0.2, 0.25) is 0 Å². The molecule has 0 aliphatic rings. The molecule has 0 saturated carbocycles. The second kappa shape index (κ2) is 9.29. The van der Waals surface area contributed by atoms with Crippen molar-refractivity contribution in [3.05, 3.63) is 89.4 Å².